The van der Waals surface area contributed by atoms with E-state index in [2.05, 4.69) is 65.2 Å². The van der Waals surface area contributed by atoms with Gasteiger partial charge in [-0.25, -0.2) is 0 Å². The molecule has 3 nitrogen and oxygen atoms in total. The molecule has 1 aliphatic rings. The number of carbonyl (C=O) groups excluding carboxylic acids is 1. The average Bonchev–Trinajstić information content (AvgIpc) is 2.83. The molecule has 0 amide bonds. The summed E-state index contributed by atoms with van der Waals surface area (Å²) in [7, 11) is 0. The first-order valence-corrected chi connectivity index (χ1v) is 12.9. The Morgan fingerprint density at radius 2 is 1.45 bits per heavy atom. The monoisotopic (exact) mass is 440 g/mol. The number of Topliss-reactive ketones (excluding diaryl/α,β-unsaturated/α-hetero) is 1. The van der Waals surface area contributed by atoms with Gasteiger partial charge in [0, 0.05) is 25.4 Å². The lowest BCUT2D eigenvalue weighted by Gasteiger charge is -2.18. The van der Waals surface area contributed by atoms with E-state index >= 15 is 0 Å². The van der Waals surface area contributed by atoms with E-state index in [-0.39, 0.29) is 5.92 Å². The summed E-state index contributed by atoms with van der Waals surface area (Å²) in [5.74, 6) is 0.705. The third kappa shape index (κ3) is 5.05. The molecule has 0 spiro atoms. The molecule has 0 radical (unpaired) electrons. The molecule has 33 heavy (non-hydrogen) atoms. The van der Waals surface area contributed by atoms with E-state index in [4.69, 9.17) is 0 Å². The number of carbonyl (C=O) groups is 1. The summed E-state index contributed by atoms with van der Waals surface area (Å²) in [5, 5.41) is 15.0. The predicted octanol–water partition coefficient (Wildman–Crippen LogP) is 6.24. The second-order valence-corrected chi connectivity index (χ2v) is 9.74. The van der Waals surface area contributed by atoms with E-state index < -0.39 is 0 Å². The molecule has 4 aromatic rings. The van der Waals surface area contributed by atoms with Crippen molar-refractivity contribution in [2.75, 3.05) is 26.2 Å². The summed E-state index contributed by atoms with van der Waals surface area (Å²) < 4.78 is 0. The third-order valence-electron chi connectivity index (χ3n) is 7.50. The van der Waals surface area contributed by atoms with Crippen LogP contribution in [0.4, 0.5) is 0 Å². The zero-order valence-electron chi connectivity index (χ0n) is 19.7. The van der Waals surface area contributed by atoms with E-state index in [1.807, 2.05) is 0 Å². The fourth-order valence-electron chi connectivity index (χ4n) is 5.66. The SMILES string of the molecule is O=C(CCCc1ccc2ccc3cccc4ccc1c2c34)C1CCCCCNCCNCC1. The molecule has 0 aliphatic carbocycles. The average molecular weight is 441 g/mol. The van der Waals surface area contributed by atoms with E-state index in [0.717, 1.165) is 51.9 Å². The van der Waals surface area contributed by atoms with Crippen LogP contribution in [0.5, 0.6) is 0 Å². The Morgan fingerprint density at radius 3 is 2.30 bits per heavy atom. The smallest absolute Gasteiger partial charge is 0.136 e. The Balaban J connectivity index is 1.27. The predicted molar refractivity (Wildman–Crippen MR) is 140 cm³/mol. The number of rotatable bonds is 5. The van der Waals surface area contributed by atoms with Gasteiger partial charge in [-0.15, -0.1) is 0 Å². The zero-order chi connectivity index (χ0) is 22.5. The highest BCUT2D eigenvalue weighted by atomic mass is 16.1. The number of aryl methyl sites for hydroxylation is 1. The molecule has 2 N–H and O–H groups in total. The van der Waals surface area contributed by atoms with Crippen molar-refractivity contribution in [2.24, 2.45) is 5.92 Å². The molecular formula is C30H36N2O. The lowest BCUT2D eigenvalue weighted by Crippen LogP contribution is -2.30. The minimum Gasteiger partial charge on any atom is -0.315 e. The maximum absolute atomic E-state index is 13.1. The molecule has 0 aromatic heterocycles. The highest BCUT2D eigenvalue weighted by molar-refractivity contribution is 6.23. The normalized spacial score (nSPS) is 19.0. The van der Waals surface area contributed by atoms with Crippen LogP contribution in [0.1, 0.15) is 50.5 Å². The number of ketones is 1. The van der Waals surface area contributed by atoms with Gasteiger partial charge in [0.15, 0.2) is 0 Å². The van der Waals surface area contributed by atoms with Crippen LogP contribution >= 0.6 is 0 Å². The van der Waals surface area contributed by atoms with Gasteiger partial charge < -0.3 is 10.6 Å². The molecule has 5 rings (SSSR count). The van der Waals surface area contributed by atoms with Crippen LogP contribution in [0, 0.1) is 5.92 Å². The van der Waals surface area contributed by atoms with Crippen molar-refractivity contribution in [2.45, 2.75) is 51.4 Å². The van der Waals surface area contributed by atoms with Crippen LogP contribution in [0.15, 0.2) is 54.6 Å². The Morgan fingerprint density at radius 1 is 0.727 bits per heavy atom. The quantitative estimate of drug-likeness (QED) is 0.361. The molecule has 3 heteroatoms. The molecule has 1 unspecified atom stereocenters. The minimum atomic E-state index is 0.228. The summed E-state index contributed by atoms with van der Waals surface area (Å²) >= 11 is 0. The molecule has 1 heterocycles. The zero-order valence-corrected chi connectivity index (χ0v) is 19.7. The number of hydrogen-bond acceptors (Lipinski definition) is 3. The molecule has 4 aromatic carbocycles. The van der Waals surface area contributed by atoms with Gasteiger partial charge in [-0.1, -0.05) is 67.4 Å². The van der Waals surface area contributed by atoms with Gasteiger partial charge in [0.05, 0.1) is 0 Å². The Hall–Kier alpha value is -2.49. The standard InChI is InChI=1S/C30H36N2O/c33-28(23-6-2-1-3-18-31-20-21-32-19-17-23)10-5-7-22-11-12-26-14-13-24-8-4-9-25-15-16-27(22)30(26)29(24)25/h4,8-9,11-16,23,31-32H,1-3,5-7,10,17-21H2. The molecule has 0 saturated carbocycles. The fraction of sp³-hybridized carbons (Fsp3) is 0.433. The van der Waals surface area contributed by atoms with Crippen molar-refractivity contribution < 1.29 is 4.79 Å². The fourth-order valence-corrected chi connectivity index (χ4v) is 5.66. The highest BCUT2D eigenvalue weighted by Crippen LogP contribution is 2.36. The number of nitrogens with one attached hydrogen (secondary N) is 2. The van der Waals surface area contributed by atoms with E-state index in [0.29, 0.717) is 12.2 Å². The summed E-state index contributed by atoms with van der Waals surface area (Å²) in [6.07, 6.45) is 8.27. The van der Waals surface area contributed by atoms with Gasteiger partial charge in [0.2, 0.25) is 0 Å². The van der Waals surface area contributed by atoms with E-state index in [9.17, 15) is 4.79 Å². The number of hydrogen-bond donors (Lipinski definition) is 2. The van der Waals surface area contributed by atoms with Crippen LogP contribution < -0.4 is 10.6 Å². The first-order chi connectivity index (χ1) is 16.3. The molecule has 1 fully saturated rings. The van der Waals surface area contributed by atoms with Gasteiger partial charge in [-0.2, -0.15) is 0 Å². The minimum absolute atomic E-state index is 0.228. The first kappa shape index (κ1) is 22.3. The maximum atomic E-state index is 13.1. The van der Waals surface area contributed by atoms with Crippen molar-refractivity contribution in [3.8, 4) is 0 Å². The summed E-state index contributed by atoms with van der Waals surface area (Å²) in [5.41, 5.74) is 1.38. The molecule has 172 valence electrons. The van der Waals surface area contributed by atoms with E-state index in [1.165, 1.54) is 57.1 Å². The van der Waals surface area contributed by atoms with Gasteiger partial charge in [-0.3, -0.25) is 4.79 Å². The molecule has 1 aliphatic heterocycles. The van der Waals surface area contributed by atoms with Gasteiger partial charge in [-0.05, 0) is 83.1 Å². The Bertz CT molecular complexity index is 1190. The van der Waals surface area contributed by atoms with Gasteiger partial charge in [0.1, 0.15) is 5.78 Å². The van der Waals surface area contributed by atoms with Crippen LogP contribution in [-0.2, 0) is 11.2 Å². The lowest BCUT2D eigenvalue weighted by atomic mass is 9.88. The van der Waals surface area contributed by atoms with Crippen LogP contribution in [0.2, 0.25) is 0 Å². The van der Waals surface area contributed by atoms with E-state index in [1.54, 1.807) is 0 Å². The second-order valence-electron chi connectivity index (χ2n) is 9.74. The van der Waals surface area contributed by atoms with Crippen molar-refractivity contribution in [1.29, 1.82) is 0 Å². The Labute approximate surface area is 197 Å². The van der Waals surface area contributed by atoms with Gasteiger partial charge in [0.25, 0.3) is 0 Å². The van der Waals surface area contributed by atoms with Gasteiger partial charge >= 0.3 is 0 Å². The molecule has 1 atom stereocenters. The largest absolute Gasteiger partial charge is 0.315 e. The van der Waals surface area contributed by atoms with Crippen molar-refractivity contribution in [3.05, 3.63) is 60.2 Å². The van der Waals surface area contributed by atoms with Crippen molar-refractivity contribution >= 4 is 38.1 Å². The topological polar surface area (TPSA) is 41.1 Å². The molecular weight excluding hydrogens is 404 g/mol. The lowest BCUT2D eigenvalue weighted by molar-refractivity contribution is -0.123. The maximum Gasteiger partial charge on any atom is 0.136 e. The van der Waals surface area contributed by atoms with Crippen molar-refractivity contribution in [3.63, 3.8) is 0 Å². The highest BCUT2D eigenvalue weighted by Gasteiger charge is 2.18. The second kappa shape index (κ2) is 10.6. The van der Waals surface area contributed by atoms with Crippen LogP contribution in [-0.4, -0.2) is 32.0 Å². The molecule has 1 saturated heterocycles. The number of benzene rings is 4. The Kier molecular flexibility index (Phi) is 7.18. The van der Waals surface area contributed by atoms with Crippen molar-refractivity contribution in [1.82, 2.24) is 10.6 Å². The van der Waals surface area contributed by atoms with Crippen LogP contribution in [0.3, 0.4) is 0 Å². The first-order valence-electron chi connectivity index (χ1n) is 12.9. The van der Waals surface area contributed by atoms with Crippen LogP contribution in [0.25, 0.3) is 32.3 Å². The summed E-state index contributed by atoms with van der Waals surface area (Å²) in [6, 6.07) is 20.1. The third-order valence-corrected chi connectivity index (χ3v) is 7.50. The molecule has 0 bridgehead atoms. The summed E-state index contributed by atoms with van der Waals surface area (Å²) in [4.78, 5) is 13.1. The summed E-state index contributed by atoms with van der Waals surface area (Å²) in [6.45, 7) is 4.07.